The van der Waals surface area contributed by atoms with Crippen LogP contribution in [0.25, 0.3) is 0 Å². The molecule has 0 saturated heterocycles. The highest BCUT2D eigenvalue weighted by molar-refractivity contribution is 7.09. The minimum atomic E-state index is -0.758. The summed E-state index contributed by atoms with van der Waals surface area (Å²) in [4.78, 5) is 27.6. The Balaban J connectivity index is 1.55. The molecule has 2 N–H and O–H groups in total. The van der Waals surface area contributed by atoms with Gasteiger partial charge in [0.2, 0.25) is 0 Å². The number of hydrogen-bond acceptors (Lipinski definition) is 4. The Bertz CT molecular complexity index is 769. The van der Waals surface area contributed by atoms with Gasteiger partial charge in [0.15, 0.2) is 0 Å². The molecule has 1 aliphatic rings. The van der Waals surface area contributed by atoms with Gasteiger partial charge in [-0.3, -0.25) is 9.59 Å². The summed E-state index contributed by atoms with van der Waals surface area (Å²) in [6.45, 7) is 0. The monoisotopic (exact) mass is 362 g/mol. The molecule has 0 radical (unpaired) electrons. The van der Waals surface area contributed by atoms with E-state index >= 15 is 0 Å². The zero-order valence-electron chi connectivity index (χ0n) is 13.6. The lowest BCUT2D eigenvalue weighted by Gasteiger charge is -2.26. The van der Waals surface area contributed by atoms with Crippen LogP contribution in [0.2, 0.25) is 0 Å². The number of rotatable bonds is 5. The number of aromatic nitrogens is 1. The molecule has 0 bridgehead atoms. The molecule has 25 heavy (non-hydrogen) atoms. The van der Waals surface area contributed by atoms with E-state index in [9.17, 15) is 14.0 Å². The van der Waals surface area contributed by atoms with E-state index in [4.69, 9.17) is 5.11 Å². The highest BCUT2D eigenvalue weighted by atomic mass is 32.1. The number of hydrogen-bond donors (Lipinski definition) is 2. The lowest BCUT2D eigenvalue weighted by molar-refractivity contribution is -0.142. The maximum atomic E-state index is 13.2. The van der Waals surface area contributed by atoms with Crippen molar-refractivity contribution in [2.24, 2.45) is 5.92 Å². The van der Waals surface area contributed by atoms with E-state index in [0.717, 1.165) is 10.6 Å². The Hall–Kier alpha value is -2.28. The number of carboxylic acids is 1. The molecule has 3 rings (SSSR count). The van der Waals surface area contributed by atoms with Crippen molar-refractivity contribution in [2.75, 3.05) is 0 Å². The van der Waals surface area contributed by atoms with Gasteiger partial charge in [0.1, 0.15) is 11.5 Å². The first kappa shape index (κ1) is 17.5. The number of nitrogens with one attached hydrogen (secondary N) is 1. The van der Waals surface area contributed by atoms with Crippen LogP contribution in [0.4, 0.5) is 4.39 Å². The first-order valence-corrected chi connectivity index (χ1v) is 9.12. The molecule has 1 aromatic heterocycles. The third-order valence-electron chi connectivity index (χ3n) is 4.44. The highest BCUT2D eigenvalue weighted by Crippen LogP contribution is 2.25. The fourth-order valence-corrected chi connectivity index (χ4v) is 3.87. The molecule has 7 heteroatoms. The van der Waals surface area contributed by atoms with Crippen molar-refractivity contribution in [1.29, 1.82) is 0 Å². The second kappa shape index (κ2) is 7.74. The van der Waals surface area contributed by atoms with Gasteiger partial charge in [0.25, 0.3) is 5.91 Å². The predicted octanol–water partition coefficient (Wildman–Crippen LogP) is 3.25. The molecule has 5 nitrogen and oxygen atoms in total. The van der Waals surface area contributed by atoms with Crippen molar-refractivity contribution in [3.63, 3.8) is 0 Å². The Labute approximate surface area is 148 Å². The van der Waals surface area contributed by atoms with Crippen molar-refractivity contribution in [2.45, 2.75) is 38.1 Å². The zero-order chi connectivity index (χ0) is 17.8. The van der Waals surface area contributed by atoms with Gasteiger partial charge in [-0.25, -0.2) is 9.37 Å². The second-order valence-electron chi connectivity index (χ2n) is 6.29. The molecule has 2 aromatic rings. The van der Waals surface area contributed by atoms with Gasteiger partial charge >= 0.3 is 5.97 Å². The largest absolute Gasteiger partial charge is 0.481 e. The van der Waals surface area contributed by atoms with Crippen LogP contribution >= 0.6 is 11.3 Å². The standard InChI is InChI=1S/C18H19FN2O3S/c19-13-3-1-2-11(8-13)9-16-21-15(10-25-16)17(22)20-14-6-4-12(5-7-14)18(23)24/h1-3,8,10,12,14H,4-7,9H2,(H,20,22)(H,23,24). The Kier molecular flexibility index (Phi) is 5.43. The van der Waals surface area contributed by atoms with Crippen LogP contribution < -0.4 is 5.32 Å². The Morgan fingerprint density at radius 3 is 2.72 bits per heavy atom. The topological polar surface area (TPSA) is 79.3 Å². The van der Waals surface area contributed by atoms with Gasteiger partial charge in [0.05, 0.1) is 10.9 Å². The van der Waals surface area contributed by atoms with E-state index in [1.54, 1.807) is 11.4 Å². The van der Waals surface area contributed by atoms with Crippen LogP contribution in [0.3, 0.4) is 0 Å². The summed E-state index contributed by atoms with van der Waals surface area (Å²) in [5.74, 6) is -1.58. The first-order valence-electron chi connectivity index (χ1n) is 8.24. The van der Waals surface area contributed by atoms with Crippen LogP contribution in [0.15, 0.2) is 29.6 Å². The average Bonchev–Trinajstić information content (AvgIpc) is 3.04. The highest BCUT2D eigenvalue weighted by Gasteiger charge is 2.27. The number of carbonyl (C=O) groups is 2. The molecule has 0 aliphatic heterocycles. The van der Waals surface area contributed by atoms with Gasteiger partial charge in [-0.2, -0.15) is 0 Å². The van der Waals surface area contributed by atoms with Gasteiger partial charge in [-0.15, -0.1) is 11.3 Å². The van der Waals surface area contributed by atoms with Crippen LogP contribution in [-0.2, 0) is 11.2 Å². The SMILES string of the molecule is O=C(NC1CCC(C(=O)O)CC1)c1csc(Cc2cccc(F)c2)n1. The Morgan fingerprint density at radius 2 is 2.04 bits per heavy atom. The molecule has 1 heterocycles. The fourth-order valence-electron chi connectivity index (χ4n) is 3.06. The van der Waals surface area contributed by atoms with Gasteiger partial charge in [0, 0.05) is 17.8 Å². The van der Waals surface area contributed by atoms with E-state index in [1.165, 1.54) is 23.5 Å². The lowest BCUT2D eigenvalue weighted by atomic mass is 9.86. The summed E-state index contributed by atoms with van der Waals surface area (Å²) in [6, 6.07) is 6.33. The first-order chi connectivity index (χ1) is 12.0. The number of aliphatic carboxylic acids is 1. The number of benzene rings is 1. The zero-order valence-corrected chi connectivity index (χ0v) is 14.4. The second-order valence-corrected chi connectivity index (χ2v) is 7.24. The minimum Gasteiger partial charge on any atom is -0.481 e. The van der Waals surface area contributed by atoms with E-state index in [2.05, 4.69) is 10.3 Å². The summed E-state index contributed by atoms with van der Waals surface area (Å²) < 4.78 is 13.2. The lowest BCUT2D eigenvalue weighted by Crippen LogP contribution is -2.38. The molecular formula is C18H19FN2O3S. The number of amides is 1. The van der Waals surface area contributed by atoms with Crippen LogP contribution in [0.5, 0.6) is 0 Å². The van der Waals surface area contributed by atoms with Gasteiger partial charge < -0.3 is 10.4 Å². The molecule has 1 saturated carbocycles. The van der Waals surface area contributed by atoms with Crippen molar-refractivity contribution in [1.82, 2.24) is 10.3 Å². The third-order valence-corrected chi connectivity index (χ3v) is 5.29. The predicted molar refractivity (Wildman–Crippen MR) is 92.2 cm³/mol. The average molecular weight is 362 g/mol. The molecule has 1 aromatic carbocycles. The van der Waals surface area contributed by atoms with Crippen molar-refractivity contribution < 1.29 is 19.1 Å². The minimum absolute atomic E-state index is 0.00327. The maximum absolute atomic E-state index is 13.2. The molecule has 0 spiro atoms. The van der Waals surface area contributed by atoms with Crippen LogP contribution in [0, 0.1) is 11.7 Å². The van der Waals surface area contributed by atoms with E-state index < -0.39 is 5.97 Å². The summed E-state index contributed by atoms with van der Waals surface area (Å²) >= 11 is 1.37. The number of thiazole rings is 1. The Morgan fingerprint density at radius 1 is 1.28 bits per heavy atom. The van der Waals surface area contributed by atoms with Gasteiger partial charge in [-0.05, 0) is 43.4 Å². The van der Waals surface area contributed by atoms with Crippen molar-refractivity contribution >= 4 is 23.2 Å². The normalized spacial score (nSPS) is 20.2. The third kappa shape index (κ3) is 4.63. The van der Waals surface area contributed by atoms with Crippen LogP contribution in [0.1, 0.15) is 46.7 Å². The quantitative estimate of drug-likeness (QED) is 0.856. The van der Waals surface area contributed by atoms with E-state index in [0.29, 0.717) is 37.8 Å². The smallest absolute Gasteiger partial charge is 0.306 e. The number of carboxylic acid groups (broad SMARTS) is 1. The number of halogens is 1. The summed E-state index contributed by atoms with van der Waals surface area (Å²) in [7, 11) is 0. The molecule has 0 unspecified atom stereocenters. The molecule has 0 atom stereocenters. The summed E-state index contributed by atoms with van der Waals surface area (Å²) in [6.07, 6.45) is 3.00. The van der Waals surface area contributed by atoms with Crippen LogP contribution in [-0.4, -0.2) is 28.0 Å². The fraction of sp³-hybridized carbons (Fsp3) is 0.389. The number of carbonyl (C=O) groups excluding carboxylic acids is 1. The van der Waals surface area contributed by atoms with E-state index in [-0.39, 0.29) is 23.7 Å². The summed E-state index contributed by atoms with van der Waals surface area (Å²) in [5, 5.41) is 14.4. The van der Waals surface area contributed by atoms with Crippen molar-refractivity contribution in [3.05, 3.63) is 51.7 Å². The number of nitrogens with zero attached hydrogens (tertiary/aromatic N) is 1. The molecule has 1 amide bonds. The summed E-state index contributed by atoms with van der Waals surface area (Å²) in [5.41, 5.74) is 1.17. The molecule has 1 aliphatic carbocycles. The molecule has 1 fully saturated rings. The van der Waals surface area contributed by atoms with E-state index in [1.807, 2.05) is 6.07 Å². The van der Waals surface area contributed by atoms with Crippen molar-refractivity contribution in [3.8, 4) is 0 Å². The molecular weight excluding hydrogens is 343 g/mol. The maximum Gasteiger partial charge on any atom is 0.306 e. The molecule has 132 valence electrons. The van der Waals surface area contributed by atoms with Gasteiger partial charge in [-0.1, -0.05) is 12.1 Å².